The Morgan fingerprint density at radius 3 is 2.13 bits per heavy atom. The van der Waals surface area contributed by atoms with Gasteiger partial charge in [-0.25, -0.2) is 0 Å². The summed E-state index contributed by atoms with van der Waals surface area (Å²) in [5.41, 5.74) is 10.8. The molecule has 23 heavy (non-hydrogen) atoms. The minimum Gasteiger partial charge on any atom is -0.369 e. The second-order valence-electron chi connectivity index (χ2n) is 3.74. The third kappa shape index (κ3) is 11.3. The number of hydrogen-bond acceptors (Lipinski definition) is 5. The van der Waals surface area contributed by atoms with Gasteiger partial charge in [-0.05, 0) is 25.1 Å². The van der Waals surface area contributed by atoms with Crippen molar-refractivity contribution in [2.75, 3.05) is 5.32 Å². The summed E-state index contributed by atoms with van der Waals surface area (Å²) in [6, 6.07) is 4.71. The smallest absolute Gasteiger partial charge is 0.369 e. The lowest BCUT2D eigenvalue weighted by Crippen LogP contribution is -2.23. The highest BCUT2D eigenvalue weighted by Gasteiger charge is 2.07. The maximum atomic E-state index is 11.7. The Labute approximate surface area is 141 Å². The molecule has 1 aromatic rings. The van der Waals surface area contributed by atoms with Crippen LogP contribution in [0.2, 0.25) is 10.0 Å². The van der Waals surface area contributed by atoms with Gasteiger partial charge in [0.05, 0.1) is 10.0 Å². The van der Waals surface area contributed by atoms with Crippen molar-refractivity contribution in [2.45, 2.75) is 6.92 Å². The number of nitrogens with one attached hydrogen (secondary N) is 1. The molecule has 0 aliphatic heterocycles. The molecule has 7 N–H and O–H groups in total. The number of anilines is 1. The summed E-state index contributed by atoms with van der Waals surface area (Å²) >= 11 is 11.6. The molecule has 0 saturated carbocycles. The second kappa shape index (κ2) is 9.27. The van der Waals surface area contributed by atoms with Crippen LogP contribution in [0.4, 0.5) is 5.69 Å². The van der Waals surface area contributed by atoms with Crippen LogP contribution in [0.25, 0.3) is 0 Å². The molecule has 13 heteroatoms. The molecular formula is C10H13Cl2N5O5S. The van der Waals surface area contributed by atoms with E-state index in [-0.39, 0.29) is 11.7 Å². The highest BCUT2D eigenvalue weighted by atomic mass is 35.5. The van der Waals surface area contributed by atoms with Crippen LogP contribution in [0, 0.1) is 0 Å². The Kier molecular flexibility index (Phi) is 8.50. The van der Waals surface area contributed by atoms with Crippen LogP contribution in [0.3, 0.4) is 0 Å². The number of nitrogens with two attached hydrogens (primary N) is 2. The predicted octanol–water partition coefficient (Wildman–Crippen LogP) is 0.928. The zero-order valence-corrected chi connectivity index (χ0v) is 13.9. The van der Waals surface area contributed by atoms with Crippen molar-refractivity contribution < 1.29 is 22.3 Å². The molecule has 0 fully saturated rings. The summed E-state index contributed by atoms with van der Waals surface area (Å²) in [5.74, 6) is -0.671. The third-order valence-corrected chi connectivity index (χ3v) is 2.56. The monoisotopic (exact) mass is 385 g/mol. The van der Waals surface area contributed by atoms with Gasteiger partial charge in [-0.1, -0.05) is 23.2 Å². The van der Waals surface area contributed by atoms with E-state index >= 15 is 0 Å². The van der Waals surface area contributed by atoms with E-state index in [0.717, 1.165) is 0 Å². The van der Waals surface area contributed by atoms with Gasteiger partial charge in [0, 0.05) is 5.69 Å². The number of nitrogens with zero attached hydrogens (tertiary/aromatic N) is 2. The van der Waals surface area contributed by atoms with Crippen molar-refractivity contribution in [2.24, 2.45) is 21.7 Å². The first-order valence-electron chi connectivity index (χ1n) is 5.49. The highest BCUT2D eigenvalue weighted by molar-refractivity contribution is 7.79. The SMILES string of the molecule is C/C(=N\N=C(N)N)C(=O)Nc1ccc(Cl)c(Cl)c1.O=S(=O)(O)O. The van der Waals surface area contributed by atoms with Crippen molar-refractivity contribution in [3.63, 3.8) is 0 Å². The first kappa shape index (κ1) is 21.1. The molecule has 0 heterocycles. The zero-order valence-electron chi connectivity index (χ0n) is 11.6. The molecule has 1 rings (SSSR count). The van der Waals surface area contributed by atoms with Gasteiger partial charge in [0.1, 0.15) is 5.71 Å². The van der Waals surface area contributed by atoms with Crippen LogP contribution in [-0.4, -0.2) is 35.1 Å². The number of rotatable bonds is 3. The van der Waals surface area contributed by atoms with E-state index < -0.39 is 16.3 Å². The fraction of sp³-hybridized carbons (Fsp3) is 0.100. The summed E-state index contributed by atoms with van der Waals surface area (Å²) < 4.78 is 31.6. The van der Waals surface area contributed by atoms with Crippen LogP contribution in [-0.2, 0) is 15.2 Å². The average Bonchev–Trinajstić information content (AvgIpc) is 2.38. The van der Waals surface area contributed by atoms with Gasteiger partial charge in [-0.3, -0.25) is 13.9 Å². The van der Waals surface area contributed by atoms with E-state index in [2.05, 4.69) is 15.5 Å². The van der Waals surface area contributed by atoms with E-state index in [1.165, 1.54) is 13.0 Å². The lowest BCUT2D eigenvalue weighted by atomic mass is 10.3. The van der Waals surface area contributed by atoms with Gasteiger partial charge in [0.25, 0.3) is 5.91 Å². The van der Waals surface area contributed by atoms with Crippen LogP contribution >= 0.6 is 23.2 Å². The first-order chi connectivity index (χ1) is 10.4. The number of amides is 1. The van der Waals surface area contributed by atoms with Gasteiger partial charge in [-0.15, -0.1) is 10.2 Å². The minimum absolute atomic E-state index is 0.106. The van der Waals surface area contributed by atoms with Gasteiger partial charge in [0.15, 0.2) is 0 Å². The molecule has 10 nitrogen and oxygen atoms in total. The number of benzene rings is 1. The largest absolute Gasteiger partial charge is 0.394 e. The van der Waals surface area contributed by atoms with Gasteiger partial charge < -0.3 is 16.8 Å². The summed E-state index contributed by atoms with van der Waals surface area (Å²) in [5, 5.41) is 10.2. The standard InChI is InChI=1S/C10H11Cl2N5O.H2O4S/c1-5(16-17-10(13)14)9(18)15-6-2-3-7(11)8(12)4-6;1-5(2,3)4/h2-4H,1H3,(H,15,18)(H4,13,14,17);(H2,1,2,3,4)/b16-5+;. The van der Waals surface area contributed by atoms with E-state index in [4.69, 9.17) is 52.2 Å². The molecule has 0 atom stereocenters. The summed E-state index contributed by atoms with van der Waals surface area (Å²) in [4.78, 5) is 11.7. The summed E-state index contributed by atoms with van der Waals surface area (Å²) in [7, 11) is -4.67. The van der Waals surface area contributed by atoms with Gasteiger partial charge >= 0.3 is 10.4 Å². The lowest BCUT2D eigenvalue weighted by molar-refractivity contribution is -0.110. The van der Waals surface area contributed by atoms with Crippen LogP contribution in [0.5, 0.6) is 0 Å². The number of guanidine groups is 1. The summed E-state index contributed by atoms with van der Waals surface area (Å²) in [6.07, 6.45) is 0. The second-order valence-corrected chi connectivity index (χ2v) is 5.45. The number of halogens is 2. The summed E-state index contributed by atoms with van der Waals surface area (Å²) in [6.45, 7) is 1.47. The molecule has 0 saturated heterocycles. The quantitative estimate of drug-likeness (QED) is 0.222. The predicted molar refractivity (Wildman–Crippen MR) is 88.2 cm³/mol. The van der Waals surface area contributed by atoms with Gasteiger partial charge in [0.2, 0.25) is 5.96 Å². The molecule has 128 valence electrons. The molecular weight excluding hydrogens is 373 g/mol. The number of carbonyl (C=O) groups is 1. The average molecular weight is 386 g/mol. The first-order valence-corrected chi connectivity index (χ1v) is 7.65. The Balaban J connectivity index is 0.000000841. The van der Waals surface area contributed by atoms with Crippen LogP contribution in [0.15, 0.2) is 28.4 Å². The molecule has 1 amide bonds. The Morgan fingerprint density at radius 1 is 1.17 bits per heavy atom. The maximum absolute atomic E-state index is 11.7. The van der Waals surface area contributed by atoms with Crippen molar-refractivity contribution in [3.05, 3.63) is 28.2 Å². The van der Waals surface area contributed by atoms with Gasteiger partial charge in [-0.2, -0.15) is 8.42 Å². The van der Waals surface area contributed by atoms with Crippen molar-refractivity contribution >= 4 is 56.9 Å². The Morgan fingerprint density at radius 2 is 1.70 bits per heavy atom. The molecule has 0 spiro atoms. The highest BCUT2D eigenvalue weighted by Crippen LogP contribution is 2.24. The fourth-order valence-electron chi connectivity index (χ4n) is 0.974. The topological polar surface area (TPSA) is 180 Å². The van der Waals surface area contributed by atoms with Crippen molar-refractivity contribution in [1.29, 1.82) is 0 Å². The molecule has 0 bridgehead atoms. The number of hydrogen-bond donors (Lipinski definition) is 5. The minimum atomic E-state index is -4.67. The maximum Gasteiger partial charge on any atom is 0.394 e. The molecule has 0 unspecified atom stereocenters. The van der Waals surface area contributed by atoms with Crippen molar-refractivity contribution in [3.8, 4) is 0 Å². The fourth-order valence-corrected chi connectivity index (χ4v) is 1.27. The molecule has 0 aliphatic carbocycles. The van der Waals surface area contributed by atoms with Crippen molar-refractivity contribution in [1.82, 2.24) is 0 Å². The normalized spacial score (nSPS) is 11.1. The zero-order chi connectivity index (χ0) is 18.2. The number of carbonyl (C=O) groups excluding carboxylic acids is 1. The molecule has 0 aromatic heterocycles. The van der Waals surface area contributed by atoms with E-state index in [9.17, 15) is 4.79 Å². The molecule has 0 radical (unpaired) electrons. The Bertz CT molecular complexity index is 723. The van der Waals surface area contributed by atoms with E-state index in [0.29, 0.717) is 15.7 Å². The molecule has 0 aliphatic rings. The van der Waals surface area contributed by atoms with Crippen LogP contribution < -0.4 is 16.8 Å². The lowest BCUT2D eigenvalue weighted by Gasteiger charge is -2.05. The Hall–Kier alpha value is -1.92. The van der Waals surface area contributed by atoms with Crippen LogP contribution in [0.1, 0.15) is 6.92 Å². The third-order valence-electron chi connectivity index (χ3n) is 1.82. The molecule has 1 aromatic carbocycles. The van der Waals surface area contributed by atoms with E-state index in [1.54, 1.807) is 12.1 Å². The van der Waals surface area contributed by atoms with E-state index in [1.807, 2.05) is 0 Å².